The second kappa shape index (κ2) is 5.10. The minimum atomic E-state index is 0.748. The predicted octanol–water partition coefficient (Wildman–Crippen LogP) is 2.49. The van der Waals surface area contributed by atoms with E-state index >= 15 is 0 Å². The predicted molar refractivity (Wildman–Crippen MR) is 61.7 cm³/mol. The van der Waals surface area contributed by atoms with Crippen molar-refractivity contribution in [3.63, 3.8) is 0 Å². The van der Waals surface area contributed by atoms with Gasteiger partial charge in [-0.25, -0.2) is 0 Å². The molecular weight excluding hydrogens is 246 g/mol. The van der Waals surface area contributed by atoms with Crippen LogP contribution in [0.2, 0.25) is 0 Å². The van der Waals surface area contributed by atoms with Crippen molar-refractivity contribution >= 4 is 21.6 Å². The number of benzene rings is 1. The van der Waals surface area contributed by atoms with E-state index < -0.39 is 0 Å². The summed E-state index contributed by atoms with van der Waals surface area (Å²) in [6.07, 6.45) is 0. The summed E-state index contributed by atoms with van der Waals surface area (Å²) >= 11 is 3.39. The number of halogens is 1. The van der Waals surface area contributed by atoms with Gasteiger partial charge in [0.2, 0.25) is 0 Å². The molecule has 1 aromatic carbocycles. The van der Waals surface area contributed by atoms with Gasteiger partial charge in [0.25, 0.3) is 0 Å². The van der Waals surface area contributed by atoms with Crippen molar-refractivity contribution in [3.05, 3.63) is 18.2 Å². The van der Waals surface area contributed by atoms with Crippen molar-refractivity contribution in [3.8, 4) is 11.5 Å². The van der Waals surface area contributed by atoms with E-state index in [1.807, 2.05) is 25.2 Å². The van der Waals surface area contributed by atoms with Gasteiger partial charge in [-0.15, -0.1) is 0 Å². The summed E-state index contributed by atoms with van der Waals surface area (Å²) < 4.78 is 10.4. The van der Waals surface area contributed by atoms with E-state index in [1.54, 1.807) is 14.2 Å². The van der Waals surface area contributed by atoms with Gasteiger partial charge in [0.1, 0.15) is 0 Å². The molecule has 0 fully saturated rings. The van der Waals surface area contributed by atoms with Crippen LogP contribution in [0.15, 0.2) is 18.2 Å². The first kappa shape index (κ1) is 11.2. The number of rotatable bonds is 4. The van der Waals surface area contributed by atoms with Crippen molar-refractivity contribution in [1.29, 1.82) is 0 Å². The Hall–Kier alpha value is -0.900. The van der Waals surface area contributed by atoms with Crippen LogP contribution in [0.5, 0.6) is 11.5 Å². The zero-order valence-corrected chi connectivity index (χ0v) is 10.2. The zero-order valence-electron chi connectivity index (χ0n) is 8.58. The fourth-order valence-electron chi connectivity index (χ4n) is 1.13. The SMILES string of the molecule is COc1ccc(N(C)CBr)cc1OC. The maximum atomic E-state index is 5.20. The number of anilines is 1. The molecule has 0 unspecified atom stereocenters. The molecule has 78 valence electrons. The number of methoxy groups -OCH3 is 2. The van der Waals surface area contributed by atoms with Crippen LogP contribution in [0.4, 0.5) is 5.69 Å². The van der Waals surface area contributed by atoms with Gasteiger partial charge in [-0.1, -0.05) is 15.9 Å². The lowest BCUT2D eigenvalue weighted by atomic mass is 10.2. The Bertz CT molecular complexity index is 304. The molecule has 0 N–H and O–H groups in total. The molecular formula is C10H14BrNO2. The average molecular weight is 260 g/mol. The third-order valence-electron chi connectivity index (χ3n) is 1.99. The molecule has 0 aliphatic carbocycles. The highest BCUT2D eigenvalue weighted by molar-refractivity contribution is 9.09. The van der Waals surface area contributed by atoms with Crippen molar-refractivity contribution in [2.45, 2.75) is 0 Å². The molecule has 0 aliphatic rings. The van der Waals surface area contributed by atoms with E-state index in [2.05, 4.69) is 20.8 Å². The second-order valence-electron chi connectivity index (χ2n) is 2.86. The number of nitrogens with zero attached hydrogens (tertiary/aromatic N) is 1. The van der Waals surface area contributed by atoms with E-state index in [4.69, 9.17) is 9.47 Å². The highest BCUT2D eigenvalue weighted by atomic mass is 79.9. The quantitative estimate of drug-likeness (QED) is 0.613. The van der Waals surface area contributed by atoms with Crippen molar-refractivity contribution in [2.24, 2.45) is 0 Å². The Morgan fingerprint density at radius 3 is 2.36 bits per heavy atom. The lowest BCUT2D eigenvalue weighted by Gasteiger charge is -2.17. The van der Waals surface area contributed by atoms with Gasteiger partial charge in [0.15, 0.2) is 11.5 Å². The summed E-state index contributed by atoms with van der Waals surface area (Å²) in [4.78, 5) is 2.06. The highest BCUT2D eigenvalue weighted by Crippen LogP contribution is 2.31. The zero-order chi connectivity index (χ0) is 10.6. The first-order chi connectivity index (χ1) is 6.72. The Morgan fingerprint density at radius 1 is 1.21 bits per heavy atom. The maximum Gasteiger partial charge on any atom is 0.162 e. The van der Waals surface area contributed by atoms with E-state index in [-0.39, 0.29) is 0 Å². The lowest BCUT2D eigenvalue weighted by Crippen LogP contribution is -2.13. The molecule has 0 spiro atoms. The second-order valence-corrected chi connectivity index (χ2v) is 3.36. The largest absolute Gasteiger partial charge is 0.493 e. The van der Waals surface area contributed by atoms with Crippen LogP contribution < -0.4 is 14.4 Å². The van der Waals surface area contributed by atoms with Gasteiger partial charge in [-0.05, 0) is 12.1 Å². The van der Waals surface area contributed by atoms with Crippen molar-refractivity contribution < 1.29 is 9.47 Å². The van der Waals surface area contributed by atoms with Gasteiger partial charge in [-0.3, -0.25) is 0 Å². The molecule has 0 heterocycles. The van der Waals surface area contributed by atoms with Crippen LogP contribution in [0.3, 0.4) is 0 Å². The summed E-state index contributed by atoms with van der Waals surface area (Å²) in [5, 5.41) is 0. The molecule has 0 atom stereocenters. The molecule has 0 bridgehead atoms. The van der Waals surface area contributed by atoms with Gasteiger partial charge in [-0.2, -0.15) is 0 Å². The number of hydrogen-bond donors (Lipinski definition) is 0. The van der Waals surface area contributed by atoms with Crippen LogP contribution in [-0.4, -0.2) is 26.7 Å². The molecule has 0 aliphatic heterocycles. The lowest BCUT2D eigenvalue weighted by molar-refractivity contribution is 0.355. The van der Waals surface area contributed by atoms with Crippen LogP contribution >= 0.6 is 15.9 Å². The molecule has 0 aromatic heterocycles. The fourth-order valence-corrected chi connectivity index (χ4v) is 1.42. The molecule has 0 saturated heterocycles. The van der Waals surface area contributed by atoms with Gasteiger partial charge < -0.3 is 14.4 Å². The number of hydrogen-bond acceptors (Lipinski definition) is 3. The third-order valence-corrected chi connectivity index (χ3v) is 2.74. The molecule has 14 heavy (non-hydrogen) atoms. The highest BCUT2D eigenvalue weighted by Gasteiger charge is 2.06. The monoisotopic (exact) mass is 259 g/mol. The summed E-state index contributed by atoms with van der Waals surface area (Å²) in [5.74, 6) is 1.50. The van der Waals surface area contributed by atoms with Gasteiger partial charge in [0, 0.05) is 18.8 Å². The van der Waals surface area contributed by atoms with Crippen LogP contribution in [0, 0.1) is 0 Å². The minimum absolute atomic E-state index is 0.748. The number of ether oxygens (including phenoxy) is 2. The first-order valence-electron chi connectivity index (χ1n) is 4.22. The molecule has 0 amide bonds. The Kier molecular flexibility index (Phi) is 4.07. The van der Waals surface area contributed by atoms with E-state index in [0.717, 1.165) is 22.6 Å². The maximum absolute atomic E-state index is 5.20. The molecule has 3 nitrogen and oxygen atoms in total. The summed E-state index contributed by atoms with van der Waals surface area (Å²) in [6, 6.07) is 5.83. The topological polar surface area (TPSA) is 21.7 Å². The third kappa shape index (κ3) is 2.32. The summed E-state index contributed by atoms with van der Waals surface area (Å²) in [5.41, 5.74) is 1.86. The average Bonchev–Trinajstić information content (AvgIpc) is 2.26. The first-order valence-corrected chi connectivity index (χ1v) is 5.34. The van der Waals surface area contributed by atoms with Crippen molar-refractivity contribution in [1.82, 2.24) is 0 Å². The minimum Gasteiger partial charge on any atom is -0.493 e. The smallest absolute Gasteiger partial charge is 0.162 e. The van der Waals surface area contributed by atoms with Gasteiger partial charge >= 0.3 is 0 Å². The normalized spacial score (nSPS) is 9.71. The van der Waals surface area contributed by atoms with E-state index in [0.29, 0.717) is 0 Å². The molecule has 4 heteroatoms. The van der Waals surface area contributed by atoms with Crippen molar-refractivity contribution in [2.75, 3.05) is 31.6 Å². The number of alkyl halides is 1. The summed E-state index contributed by atoms with van der Waals surface area (Å²) in [7, 11) is 5.26. The fraction of sp³-hybridized carbons (Fsp3) is 0.400. The molecule has 1 rings (SSSR count). The van der Waals surface area contributed by atoms with Crippen LogP contribution in [0.1, 0.15) is 0 Å². The molecule has 1 aromatic rings. The Labute approximate surface area is 92.7 Å². The Morgan fingerprint density at radius 2 is 1.86 bits per heavy atom. The van der Waals surface area contributed by atoms with Crippen LogP contribution in [0.25, 0.3) is 0 Å². The van der Waals surface area contributed by atoms with Crippen LogP contribution in [-0.2, 0) is 0 Å². The summed E-state index contributed by atoms with van der Waals surface area (Å²) in [6.45, 7) is 0. The Balaban J connectivity index is 3.01. The van der Waals surface area contributed by atoms with E-state index in [9.17, 15) is 0 Å². The molecule has 0 saturated carbocycles. The standard InChI is InChI=1S/C10H14BrNO2/c1-12(7-11)8-4-5-9(13-2)10(6-8)14-3/h4-6H,7H2,1-3H3. The van der Waals surface area contributed by atoms with Gasteiger partial charge in [0.05, 0.1) is 19.7 Å². The van der Waals surface area contributed by atoms with E-state index in [1.165, 1.54) is 0 Å². The molecule has 0 radical (unpaired) electrons.